The number of hydrogen-bond donors (Lipinski definition) is 2. The summed E-state index contributed by atoms with van der Waals surface area (Å²) in [5, 5.41) is 13.9. The minimum absolute atomic E-state index is 0.233. The molecule has 178 valence electrons. The van der Waals surface area contributed by atoms with E-state index in [9.17, 15) is 9.59 Å². The molecule has 0 aliphatic heterocycles. The molecule has 6 nitrogen and oxygen atoms in total. The fourth-order valence-electron chi connectivity index (χ4n) is 4.48. The van der Waals surface area contributed by atoms with Gasteiger partial charge in [-0.25, -0.2) is 4.98 Å². The second-order valence-corrected chi connectivity index (χ2v) is 9.90. The number of amides is 1. The maximum absolute atomic E-state index is 11.5. The summed E-state index contributed by atoms with van der Waals surface area (Å²) in [6.45, 7) is 1.08. The van der Waals surface area contributed by atoms with E-state index in [1.165, 1.54) is 54.6 Å². The SMILES string of the molecule is CN(Cc1ccc(C2CCCCC2)cc1)c1ccc(-c2csc(CNC(=O)CC(=O)O)n2)cc1. The van der Waals surface area contributed by atoms with Crippen LogP contribution in [0.3, 0.4) is 0 Å². The first-order chi connectivity index (χ1) is 16.5. The Balaban J connectivity index is 1.32. The summed E-state index contributed by atoms with van der Waals surface area (Å²) in [4.78, 5) is 28.9. The number of anilines is 1. The number of aliphatic carboxylic acids is 1. The van der Waals surface area contributed by atoms with E-state index in [0.717, 1.165) is 34.4 Å². The Morgan fingerprint density at radius 3 is 2.44 bits per heavy atom. The van der Waals surface area contributed by atoms with Crippen molar-refractivity contribution in [2.75, 3.05) is 11.9 Å². The molecule has 1 aliphatic carbocycles. The summed E-state index contributed by atoms with van der Waals surface area (Å²) >= 11 is 1.45. The highest BCUT2D eigenvalue weighted by atomic mass is 32.1. The number of nitrogens with one attached hydrogen (secondary N) is 1. The molecular formula is C27H31N3O3S. The number of rotatable bonds is 9. The lowest BCUT2D eigenvalue weighted by Gasteiger charge is -2.23. The standard InChI is InChI=1S/C27H31N3O3S/c1-30(17-19-7-9-21(10-8-19)20-5-3-2-4-6-20)23-13-11-22(12-14-23)24-18-34-26(29-24)16-28-25(31)15-27(32)33/h7-14,18,20H,2-6,15-17H2,1H3,(H,28,31)(H,32,33). The average molecular weight is 478 g/mol. The van der Waals surface area contributed by atoms with E-state index in [2.05, 4.69) is 70.8 Å². The van der Waals surface area contributed by atoms with Crippen LogP contribution in [0.5, 0.6) is 0 Å². The molecule has 4 rings (SSSR count). The molecule has 1 fully saturated rings. The van der Waals surface area contributed by atoms with E-state index in [1.807, 2.05) is 5.38 Å². The van der Waals surface area contributed by atoms with Crippen molar-refractivity contribution in [3.8, 4) is 11.3 Å². The van der Waals surface area contributed by atoms with Gasteiger partial charge in [-0.1, -0.05) is 55.7 Å². The molecule has 1 aliphatic rings. The van der Waals surface area contributed by atoms with E-state index in [-0.39, 0.29) is 6.54 Å². The maximum Gasteiger partial charge on any atom is 0.312 e. The third-order valence-corrected chi connectivity index (χ3v) is 7.23. The normalized spacial score (nSPS) is 14.0. The van der Waals surface area contributed by atoms with E-state index < -0.39 is 18.3 Å². The summed E-state index contributed by atoms with van der Waals surface area (Å²) in [7, 11) is 2.10. The number of carbonyl (C=O) groups is 2. The van der Waals surface area contributed by atoms with Crippen LogP contribution in [0.4, 0.5) is 5.69 Å². The third-order valence-electron chi connectivity index (χ3n) is 6.38. The van der Waals surface area contributed by atoms with Gasteiger partial charge in [-0.3, -0.25) is 9.59 Å². The van der Waals surface area contributed by atoms with Gasteiger partial charge in [0.2, 0.25) is 5.91 Å². The molecule has 0 radical (unpaired) electrons. The molecule has 1 aromatic heterocycles. The van der Waals surface area contributed by atoms with Crippen molar-refractivity contribution in [3.05, 3.63) is 70.0 Å². The van der Waals surface area contributed by atoms with E-state index >= 15 is 0 Å². The van der Waals surface area contributed by atoms with Crippen LogP contribution in [0.25, 0.3) is 11.3 Å². The third kappa shape index (κ3) is 6.44. The second-order valence-electron chi connectivity index (χ2n) is 8.95. The highest BCUT2D eigenvalue weighted by Crippen LogP contribution is 2.33. The monoisotopic (exact) mass is 477 g/mol. The van der Waals surface area contributed by atoms with Crippen molar-refractivity contribution < 1.29 is 14.7 Å². The van der Waals surface area contributed by atoms with Gasteiger partial charge in [0.1, 0.15) is 11.4 Å². The van der Waals surface area contributed by atoms with E-state index in [0.29, 0.717) is 0 Å². The molecule has 1 amide bonds. The highest BCUT2D eigenvalue weighted by Gasteiger charge is 2.15. The van der Waals surface area contributed by atoms with Gasteiger partial charge in [-0.15, -0.1) is 11.3 Å². The summed E-state index contributed by atoms with van der Waals surface area (Å²) in [6.07, 6.45) is 6.22. The zero-order valence-electron chi connectivity index (χ0n) is 19.5. The quantitative estimate of drug-likeness (QED) is 0.393. The van der Waals surface area contributed by atoms with Crippen molar-refractivity contribution in [1.29, 1.82) is 0 Å². The fraction of sp³-hybridized carbons (Fsp3) is 0.370. The Morgan fingerprint density at radius 2 is 1.76 bits per heavy atom. The summed E-state index contributed by atoms with van der Waals surface area (Å²) in [5.41, 5.74) is 5.78. The molecule has 0 unspecified atom stereocenters. The minimum Gasteiger partial charge on any atom is -0.481 e. The Hall–Kier alpha value is -3.19. The second kappa shape index (κ2) is 11.3. The fourth-order valence-corrected chi connectivity index (χ4v) is 5.22. The largest absolute Gasteiger partial charge is 0.481 e. The number of carboxylic acids is 1. The average Bonchev–Trinajstić information content (AvgIpc) is 3.33. The van der Waals surface area contributed by atoms with E-state index in [1.54, 1.807) is 0 Å². The van der Waals surface area contributed by atoms with Crippen molar-refractivity contribution in [2.45, 2.75) is 57.5 Å². The molecule has 3 aromatic rings. The molecule has 2 N–H and O–H groups in total. The lowest BCUT2D eigenvalue weighted by Crippen LogP contribution is -2.24. The number of nitrogens with zero attached hydrogens (tertiary/aromatic N) is 2. The van der Waals surface area contributed by atoms with Gasteiger partial charge >= 0.3 is 5.97 Å². The van der Waals surface area contributed by atoms with Crippen molar-refractivity contribution in [1.82, 2.24) is 10.3 Å². The van der Waals surface area contributed by atoms with Crippen LogP contribution in [0.1, 0.15) is 60.6 Å². The van der Waals surface area contributed by atoms with Gasteiger partial charge in [-0.05, 0) is 42.0 Å². The molecular weight excluding hydrogens is 446 g/mol. The number of hydrogen-bond acceptors (Lipinski definition) is 5. The Kier molecular flexibility index (Phi) is 7.95. The topological polar surface area (TPSA) is 82.5 Å². The lowest BCUT2D eigenvalue weighted by atomic mass is 9.84. The van der Waals surface area contributed by atoms with Crippen molar-refractivity contribution in [2.24, 2.45) is 0 Å². The number of carboxylic acid groups (broad SMARTS) is 1. The van der Waals surface area contributed by atoms with Crippen molar-refractivity contribution >= 4 is 28.9 Å². The number of carbonyl (C=O) groups excluding carboxylic acids is 1. The molecule has 2 aromatic carbocycles. The van der Waals surface area contributed by atoms with Gasteiger partial charge < -0.3 is 15.3 Å². The highest BCUT2D eigenvalue weighted by molar-refractivity contribution is 7.09. The predicted molar refractivity (Wildman–Crippen MR) is 136 cm³/mol. The maximum atomic E-state index is 11.5. The van der Waals surface area contributed by atoms with Crippen molar-refractivity contribution in [3.63, 3.8) is 0 Å². The zero-order valence-corrected chi connectivity index (χ0v) is 20.3. The van der Waals surface area contributed by atoms with Gasteiger partial charge in [-0.2, -0.15) is 0 Å². The molecule has 0 spiro atoms. The molecule has 0 saturated heterocycles. The number of thiazole rings is 1. The molecule has 1 heterocycles. The van der Waals surface area contributed by atoms with Crippen LogP contribution in [0, 0.1) is 0 Å². The lowest BCUT2D eigenvalue weighted by molar-refractivity contribution is -0.140. The Labute approximate surface area is 204 Å². The minimum atomic E-state index is -1.14. The van der Waals surface area contributed by atoms with Crippen LogP contribution in [0.15, 0.2) is 53.9 Å². The molecule has 1 saturated carbocycles. The van der Waals surface area contributed by atoms with Gasteiger partial charge in [0.25, 0.3) is 0 Å². The van der Waals surface area contributed by atoms with Gasteiger partial charge in [0.05, 0.1) is 12.2 Å². The molecule has 7 heteroatoms. The summed E-state index contributed by atoms with van der Waals surface area (Å²) in [6, 6.07) is 17.5. The van der Waals surface area contributed by atoms with Crippen LogP contribution in [0.2, 0.25) is 0 Å². The first-order valence-corrected chi connectivity index (χ1v) is 12.7. The first-order valence-electron chi connectivity index (χ1n) is 11.8. The molecule has 0 bridgehead atoms. The molecule has 0 atom stereocenters. The molecule has 34 heavy (non-hydrogen) atoms. The van der Waals surface area contributed by atoms with Gasteiger partial charge in [0.15, 0.2) is 0 Å². The van der Waals surface area contributed by atoms with Crippen LogP contribution >= 0.6 is 11.3 Å². The van der Waals surface area contributed by atoms with Crippen LogP contribution in [-0.2, 0) is 22.7 Å². The smallest absolute Gasteiger partial charge is 0.312 e. The first kappa shape index (κ1) is 24.0. The zero-order chi connectivity index (χ0) is 23.9. The van der Waals surface area contributed by atoms with Gasteiger partial charge in [0, 0.05) is 30.2 Å². The van der Waals surface area contributed by atoms with Crippen LogP contribution < -0.4 is 10.2 Å². The number of aromatic nitrogens is 1. The van der Waals surface area contributed by atoms with E-state index in [4.69, 9.17) is 5.11 Å². The number of benzene rings is 2. The Morgan fingerprint density at radius 1 is 1.06 bits per heavy atom. The summed E-state index contributed by atoms with van der Waals surface area (Å²) in [5.74, 6) is -0.917. The predicted octanol–water partition coefficient (Wildman–Crippen LogP) is 5.59. The van der Waals surface area contributed by atoms with Crippen LogP contribution in [-0.4, -0.2) is 29.0 Å². The Bertz CT molecular complexity index is 1100. The summed E-state index contributed by atoms with van der Waals surface area (Å²) < 4.78 is 0.